The molecule has 1 saturated carbocycles. The van der Waals surface area contributed by atoms with Gasteiger partial charge in [-0.3, -0.25) is 4.72 Å². The minimum Gasteiger partial charge on any atom is -0.495 e. The Morgan fingerprint density at radius 1 is 1.29 bits per heavy atom. The van der Waals surface area contributed by atoms with Crippen molar-refractivity contribution in [3.05, 3.63) is 23.8 Å². The van der Waals surface area contributed by atoms with Gasteiger partial charge in [0.1, 0.15) is 5.75 Å². The molecule has 0 aliphatic heterocycles. The van der Waals surface area contributed by atoms with E-state index in [0.717, 1.165) is 31.2 Å². The first kappa shape index (κ1) is 16.1. The van der Waals surface area contributed by atoms with Crippen LogP contribution in [-0.2, 0) is 16.6 Å². The summed E-state index contributed by atoms with van der Waals surface area (Å²) in [6.45, 7) is 0.394. The minimum absolute atomic E-state index is 0.189. The van der Waals surface area contributed by atoms with Crippen molar-refractivity contribution in [1.82, 2.24) is 0 Å². The molecule has 0 atom stereocenters. The maximum Gasteiger partial charge on any atom is 0.233 e. The Balaban J connectivity index is 2.08. The molecule has 0 saturated heterocycles. The number of methoxy groups -OCH3 is 1. The molecule has 21 heavy (non-hydrogen) atoms. The van der Waals surface area contributed by atoms with Crippen molar-refractivity contribution >= 4 is 15.7 Å². The third-order valence-corrected chi connectivity index (χ3v) is 5.39. The van der Waals surface area contributed by atoms with Crippen LogP contribution in [0, 0.1) is 5.92 Å². The van der Waals surface area contributed by atoms with E-state index in [1.54, 1.807) is 18.2 Å². The molecule has 2 rings (SSSR count). The van der Waals surface area contributed by atoms with Crippen LogP contribution in [-0.4, -0.2) is 21.3 Å². The van der Waals surface area contributed by atoms with E-state index < -0.39 is 10.0 Å². The highest BCUT2D eigenvalue weighted by atomic mass is 32.2. The lowest BCUT2D eigenvalue weighted by Gasteiger charge is -2.22. The van der Waals surface area contributed by atoms with E-state index in [9.17, 15) is 8.42 Å². The number of sulfonamides is 1. The van der Waals surface area contributed by atoms with Crippen LogP contribution in [0.15, 0.2) is 18.2 Å². The molecule has 1 aliphatic carbocycles. The highest BCUT2D eigenvalue weighted by molar-refractivity contribution is 7.92. The quantitative estimate of drug-likeness (QED) is 0.845. The van der Waals surface area contributed by atoms with E-state index in [0.29, 0.717) is 18.0 Å². The van der Waals surface area contributed by atoms with Crippen molar-refractivity contribution in [2.45, 2.75) is 38.6 Å². The molecule has 1 aliphatic rings. The van der Waals surface area contributed by atoms with Gasteiger partial charge in [-0.25, -0.2) is 8.42 Å². The number of nitrogens with two attached hydrogens (primary N) is 1. The average Bonchev–Trinajstić information content (AvgIpc) is 2.47. The largest absolute Gasteiger partial charge is 0.495 e. The van der Waals surface area contributed by atoms with Gasteiger partial charge in [0, 0.05) is 6.54 Å². The lowest BCUT2D eigenvalue weighted by Crippen LogP contribution is -2.24. The lowest BCUT2D eigenvalue weighted by atomic mass is 9.91. The summed E-state index contributed by atoms with van der Waals surface area (Å²) in [4.78, 5) is 0. The predicted molar refractivity (Wildman–Crippen MR) is 84.9 cm³/mol. The van der Waals surface area contributed by atoms with E-state index in [2.05, 4.69) is 4.72 Å². The number of anilines is 1. The number of rotatable bonds is 6. The number of nitrogens with one attached hydrogen (secondary N) is 1. The fraction of sp³-hybridized carbons (Fsp3) is 0.600. The van der Waals surface area contributed by atoms with Crippen molar-refractivity contribution in [2.24, 2.45) is 11.7 Å². The van der Waals surface area contributed by atoms with Crippen molar-refractivity contribution in [3.63, 3.8) is 0 Å². The highest BCUT2D eigenvalue weighted by Gasteiger charge is 2.22. The number of hydrogen-bond donors (Lipinski definition) is 2. The molecular weight excluding hydrogens is 288 g/mol. The second kappa shape index (κ2) is 7.13. The smallest absolute Gasteiger partial charge is 0.233 e. The molecule has 0 amide bonds. The predicted octanol–water partition coefficient (Wildman–Crippen LogP) is 2.48. The van der Waals surface area contributed by atoms with E-state index >= 15 is 0 Å². The molecule has 3 N–H and O–H groups in total. The van der Waals surface area contributed by atoms with Crippen LogP contribution in [0.5, 0.6) is 5.75 Å². The SMILES string of the molecule is COc1cc(CN)ccc1NS(=O)(=O)CC1CCCCC1. The Hall–Kier alpha value is -1.27. The molecule has 0 bridgehead atoms. The molecular formula is C15H24N2O3S. The van der Waals surface area contributed by atoms with Crippen LogP contribution in [0.2, 0.25) is 0 Å². The molecule has 0 unspecified atom stereocenters. The third kappa shape index (κ3) is 4.61. The van der Waals surface area contributed by atoms with Gasteiger partial charge in [-0.05, 0) is 36.5 Å². The first-order valence-electron chi connectivity index (χ1n) is 7.41. The van der Waals surface area contributed by atoms with Crippen LogP contribution in [0.4, 0.5) is 5.69 Å². The van der Waals surface area contributed by atoms with Gasteiger partial charge >= 0.3 is 0 Å². The summed E-state index contributed by atoms with van der Waals surface area (Å²) in [6, 6.07) is 5.28. The summed E-state index contributed by atoms with van der Waals surface area (Å²) in [6.07, 6.45) is 5.50. The number of benzene rings is 1. The van der Waals surface area contributed by atoms with E-state index in [4.69, 9.17) is 10.5 Å². The fourth-order valence-corrected chi connectivity index (χ4v) is 4.36. The van der Waals surface area contributed by atoms with Gasteiger partial charge in [-0.15, -0.1) is 0 Å². The summed E-state index contributed by atoms with van der Waals surface area (Å²) in [5.74, 6) is 0.963. The van der Waals surface area contributed by atoms with Crippen molar-refractivity contribution in [1.29, 1.82) is 0 Å². The van der Waals surface area contributed by atoms with Gasteiger partial charge in [-0.1, -0.05) is 25.3 Å². The highest BCUT2D eigenvalue weighted by Crippen LogP contribution is 2.29. The summed E-state index contributed by atoms with van der Waals surface area (Å²) < 4.78 is 32.5. The molecule has 0 heterocycles. The van der Waals surface area contributed by atoms with Crippen LogP contribution >= 0.6 is 0 Å². The first-order valence-corrected chi connectivity index (χ1v) is 9.07. The molecule has 118 valence electrons. The van der Waals surface area contributed by atoms with Gasteiger partial charge in [-0.2, -0.15) is 0 Å². The Labute approximate surface area is 126 Å². The molecule has 1 aromatic carbocycles. The third-order valence-electron chi connectivity index (χ3n) is 3.95. The van der Waals surface area contributed by atoms with Gasteiger partial charge in [0.25, 0.3) is 0 Å². The van der Waals surface area contributed by atoms with Crippen molar-refractivity contribution in [3.8, 4) is 5.75 Å². The average molecular weight is 312 g/mol. The summed E-state index contributed by atoms with van der Waals surface area (Å²) in [7, 11) is -1.83. The molecule has 1 fully saturated rings. The van der Waals surface area contributed by atoms with Gasteiger partial charge in [0.2, 0.25) is 10.0 Å². The normalized spacial score (nSPS) is 16.7. The standard InChI is InChI=1S/C15H24N2O3S/c1-20-15-9-13(10-16)7-8-14(15)17-21(18,19)11-12-5-3-2-4-6-12/h7-9,12,17H,2-6,10-11,16H2,1H3. The zero-order valence-electron chi connectivity index (χ0n) is 12.5. The topological polar surface area (TPSA) is 81.4 Å². The molecule has 5 nitrogen and oxygen atoms in total. The summed E-state index contributed by atoms with van der Waals surface area (Å²) >= 11 is 0. The molecule has 6 heteroatoms. The molecule has 0 aromatic heterocycles. The Kier molecular flexibility index (Phi) is 5.47. The molecule has 0 radical (unpaired) electrons. The zero-order valence-corrected chi connectivity index (χ0v) is 13.3. The number of hydrogen-bond acceptors (Lipinski definition) is 4. The van der Waals surface area contributed by atoms with Crippen LogP contribution in [0.3, 0.4) is 0 Å². The van der Waals surface area contributed by atoms with Gasteiger partial charge in [0.15, 0.2) is 0 Å². The zero-order chi connectivity index (χ0) is 15.3. The molecule has 1 aromatic rings. The summed E-state index contributed by atoms with van der Waals surface area (Å²) in [5, 5.41) is 0. The molecule has 0 spiro atoms. The maximum atomic E-state index is 12.3. The van der Waals surface area contributed by atoms with E-state index in [-0.39, 0.29) is 11.7 Å². The van der Waals surface area contributed by atoms with E-state index in [1.165, 1.54) is 13.5 Å². The lowest BCUT2D eigenvalue weighted by molar-refractivity contribution is 0.385. The fourth-order valence-electron chi connectivity index (χ4n) is 2.82. The summed E-state index contributed by atoms with van der Waals surface area (Å²) in [5.41, 5.74) is 6.96. The Morgan fingerprint density at radius 3 is 2.62 bits per heavy atom. The van der Waals surface area contributed by atoms with Crippen molar-refractivity contribution < 1.29 is 13.2 Å². The van der Waals surface area contributed by atoms with Crippen molar-refractivity contribution in [2.75, 3.05) is 17.6 Å². The van der Waals surface area contributed by atoms with Crippen LogP contribution in [0.1, 0.15) is 37.7 Å². The number of ether oxygens (including phenoxy) is 1. The second-order valence-corrected chi connectivity index (χ2v) is 7.39. The van der Waals surface area contributed by atoms with E-state index in [1.807, 2.05) is 0 Å². The Bertz CT molecular complexity index is 566. The second-order valence-electron chi connectivity index (χ2n) is 5.63. The van der Waals surface area contributed by atoms with Crippen LogP contribution < -0.4 is 15.2 Å². The first-order chi connectivity index (χ1) is 10.0. The Morgan fingerprint density at radius 2 is 2.00 bits per heavy atom. The monoisotopic (exact) mass is 312 g/mol. The van der Waals surface area contributed by atoms with Crippen LogP contribution in [0.25, 0.3) is 0 Å². The maximum absolute atomic E-state index is 12.3. The minimum atomic E-state index is -3.35. The van der Waals surface area contributed by atoms with Gasteiger partial charge < -0.3 is 10.5 Å². The van der Waals surface area contributed by atoms with Gasteiger partial charge in [0.05, 0.1) is 18.6 Å².